The number of sulfonamides is 1. The number of para-hydroxylation sites is 1. The molecular formula is C21H28N2O4S. The van der Waals surface area contributed by atoms with E-state index in [-0.39, 0.29) is 10.8 Å². The van der Waals surface area contributed by atoms with E-state index >= 15 is 0 Å². The van der Waals surface area contributed by atoms with Crippen LogP contribution in [0.2, 0.25) is 0 Å². The quantitative estimate of drug-likeness (QED) is 0.689. The number of benzene rings is 2. The summed E-state index contributed by atoms with van der Waals surface area (Å²) in [7, 11) is -3.61. The van der Waals surface area contributed by atoms with Crippen molar-refractivity contribution in [1.29, 1.82) is 0 Å². The van der Waals surface area contributed by atoms with Gasteiger partial charge in [0.05, 0.1) is 4.90 Å². The van der Waals surface area contributed by atoms with Gasteiger partial charge in [-0.3, -0.25) is 4.79 Å². The lowest BCUT2D eigenvalue weighted by Crippen LogP contribution is -2.33. The average molecular weight is 405 g/mol. The van der Waals surface area contributed by atoms with E-state index in [1.54, 1.807) is 45.0 Å². The molecule has 28 heavy (non-hydrogen) atoms. The van der Waals surface area contributed by atoms with Gasteiger partial charge in [-0.1, -0.05) is 45.0 Å². The lowest BCUT2D eigenvalue weighted by molar-refractivity contribution is -0.122. The fourth-order valence-electron chi connectivity index (χ4n) is 2.87. The third-order valence-electron chi connectivity index (χ3n) is 4.46. The molecule has 6 nitrogen and oxygen atoms in total. The number of carbonyl (C=O) groups excluding carboxylic acids is 1. The molecule has 0 saturated heterocycles. The lowest BCUT2D eigenvalue weighted by atomic mass is 10.2. The molecule has 0 fully saturated rings. The van der Waals surface area contributed by atoms with E-state index in [1.807, 2.05) is 25.1 Å². The Morgan fingerprint density at radius 1 is 1.07 bits per heavy atom. The van der Waals surface area contributed by atoms with E-state index in [9.17, 15) is 13.2 Å². The Morgan fingerprint density at radius 3 is 2.29 bits per heavy atom. The Bertz CT molecular complexity index is 894. The molecule has 0 heterocycles. The highest BCUT2D eigenvalue weighted by Crippen LogP contribution is 2.24. The number of anilines is 1. The molecule has 0 bridgehead atoms. The summed E-state index contributed by atoms with van der Waals surface area (Å²) >= 11 is 0. The van der Waals surface area contributed by atoms with Gasteiger partial charge in [0.1, 0.15) is 5.75 Å². The minimum atomic E-state index is -3.61. The second kappa shape index (κ2) is 9.71. The van der Waals surface area contributed by atoms with Gasteiger partial charge in [0.25, 0.3) is 5.91 Å². The predicted molar refractivity (Wildman–Crippen MR) is 111 cm³/mol. The van der Waals surface area contributed by atoms with Crippen molar-refractivity contribution >= 4 is 21.6 Å². The van der Waals surface area contributed by atoms with Crippen molar-refractivity contribution in [1.82, 2.24) is 4.31 Å². The first-order chi connectivity index (χ1) is 13.3. The number of aryl methyl sites for hydroxylation is 1. The first-order valence-corrected chi connectivity index (χ1v) is 10.9. The maximum Gasteiger partial charge on any atom is 0.265 e. The maximum absolute atomic E-state index is 12.9. The Labute approximate surface area is 167 Å². The highest BCUT2D eigenvalue weighted by Gasteiger charge is 2.25. The lowest BCUT2D eigenvalue weighted by Gasteiger charge is -2.21. The molecule has 0 aliphatic carbocycles. The summed E-state index contributed by atoms with van der Waals surface area (Å²) in [4.78, 5) is 12.8. The molecule has 2 rings (SSSR count). The summed E-state index contributed by atoms with van der Waals surface area (Å²) < 4.78 is 32.9. The maximum atomic E-state index is 12.9. The smallest absolute Gasteiger partial charge is 0.265 e. The van der Waals surface area contributed by atoms with Gasteiger partial charge in [0.2, 0.25) is 10.0 Å². The van der Waals surface area contributed by atoms with Crippen LogP contribution in [-0.2, 0) is 14.8 Å². The van der Waals surface area contributed by atoms with Crippen LogP contribution in [0.3, 0.4) is 0 Å². The van der Waals surface area contributed by atoms with Gasteiger partial charge < -0.3 is 10.1 Å². The van der Waals surface area contributed by atoms with Crippen LogP contribution in [0.15, 0.2) is 53.4 Å². The SMILES string of the molecule is CC[C@@H](Oc1ccccc1)C(=O)Nc1ccc(C)c(S(=O)(=O)N(CC)CC)c1. The monoisotopic (exact) mass is 404 g/mol. The molecule has 1 atom stereocenters. The molecule has 0 saturated carbocycles. The average Bonchev–Trinajstić information content (AvgIpc) is 2.68. The zero-order valence-corrected chi connectivity index (χ0v) is 17.6. The van der Waals surface area contributed by atoms with E-state index in [0.717, 1.165) is 0 Å². The molecule has 152 valence electrons. The van der Waals surface area contributed by atoms with Crippen molar-refractivity contribution in [2.45, 2.75) is 45.1 Å². The normalized spacial score (nSPS) is 12.6. The minimum absolute atomic E-state index is 0.200. The highest BCUT2D eigenvalue weighted by molar-refractivity contribution is 7.89. The van der Waals surface area contributed by atoms with E-state index in [1.165, 1.54) is 10.4 Å². The zero-order valence-electron chi connectivity index (χ0n) is 16.8. The molecule has 0 spiro atoms. The van der Waals surface area contributed by atoms with Gasteiger partial charge in [0.15, 0.2) is 6.10 Å². The summed E-state index contributed by atoms with van der Waals surface area (Å²) in [5.41, 5.74) is 1.06. The van der Waals surface area contributed by atoms with Crippen LogP contribution in [0.1, 0.15) is 32.8 Å². The standard InChI is InChI=1S/C21H28N2O4S/c1-5-19(27-18-11-9-8-10-12-18)21(24)22-17-14-13-16(4)20(15-17)28(25,26)23(6-2)7-3/h8-15,19H,5-7H2,1-4H3,(H,22,24)/t19-/m1/s1. The summed E-state index contributed by atoms with van der Waals surface area (Å²) in [5, 5.41) is 2.78. The topological polar surface area (TPSA) is 75.7 Å². The van der Waals surface area contributed by atoms with Gasteiger partial charge in [0, 0.05) is 18.8 Å². The predicted octanol–water partition coefficient (Wildman–Crippen LogP) is 3.82. The number of carbonyl (C=O) groups is 1. The van der Waals surface area contributed by atoms with Gasteiger partial charge in [-0.05, 0) is 43.2 Å². The van der Waals surface area contributed by atoms with E-state index < -0.39 is 16.1 Å². The number of nitrogens with zero attached hydrogens (tertiary/aromatic N) is 1. The molecule has 2 aromatic carbocycles. The number of rotatable bonds is 9. The van der Waals surface area contributed by atoms with Crippen LogP contribution in [0.5, 0.6) is 5.75 Å². The fraction of sp³-hybridized carbons (Fsp3) is 0.381. The molecule has 0 aliphatic rings. The molecule has 0 unspecified atom stereocenters. The number of hydrogen-bond acceptors (Lipinski definition) is 4. The number of ether oxygens (including phenoxy) is 1. The Kier molecular flexibility index (Phi) is 7.60. The molecule has 7 heteroatoms. The van der Waals surface area contributed by atoms with Crippen molar-refractivity contribution in [2.75, 3.05) is 18.4 Å². The Hall–Kier alpha value is -2.38. The van der Waals surface area contributed by atoms with Crippen molar-refractivity contribution in [3.05, 3.63) is 54.1 Å². The number of hydrogen-bond donors (Lipinski definition) is 1. The van der Waals surface area contributed by atoms with Crippen LogP contribution in [-0.4, -0.2) is 37.8 Å². The molecule has 2 aromatic rings. The second-order valence-corrected chi connectivity index (χ2v) is 8.29. The minimum Gasteiger partial charge on any atom is -0.481 e. The summed E-state index contributed by atoms with van der Waals surface area (Å²) in [6.07, 6.45) is -0.191. The zero-order chi connectivity index (χ0) is 20.7. The van der Waals surface area contributed by atoms with E-state index in [0.29, 0.717) is 36.5 Å². The van der Waals surface area contributed by atoms with Crippen LogP contribution in [0, 0.1) is 6.92 Å². The molecule has 0 aromatic heterocycles. The van der Waals surface area contributed by atoms with Crippen LogP contribution >= 0.6 is 0 Å². The summed E-state index contributed by atoms with van der Waals surface area (Å²) in [6.45, 7) is 7.98. The first-order valence-electron chi connectivity index (χ1n) is 9.46. The number of nitrogens with one attached hydrogen (secondary N) is 1. The van der Waals surface area contributed by atoms with Crippen LogP contribution < -0.4 is 10.1 Å². The molecule has 1 amide bonds. The highest BCUT2D eigenvalue weighted by atomic mass is 32.2. The molecule has 0 aliphatic heterocycles. The van der Waals surface area contributed by atoms with E-state index in [2.05, 4.69) is 5.32 Å². The van der Waals surface area contributed by atoms with Gasteiger partial charge in [-0.2, -0.15) is 4.31 Å². The van der Waals surface area contributed by atoms with Crippen molar-refractivity contribution < 1.29 is 17.9 Å². The van der Waals surface area contributed by atoms with Crippen molar-refractivity contribution in [3.8, 4) is 5.75 Å². The van der Waals surface area contributed by atoms with E-state index in [4.69, 9.17) is 4.74 Å². The van der Waals surface area contributed by atoms with Crippen LogP contribution in [0.4, 0.5) is 5.69 Å². The summed E-state index contributed by atoms with van der Waals surface area (Å²) in [6, 6.07) is 14.0. The van der Waals surface area contributed by atoms with Crippen molar-refractivity contribution in [2.24, 2.45) is 0 Å². The summed E-state index contributed by atoms with van der Waals surface area (Å²) in [5.74, 6) is 0.291. The Balaban J connectivity index is 2.23. The van der Waals surface area contributed by atoms with Crippen molar-refractivity contribution in [3.63, 3.8) is 0 Å². The van der Waals surface area contributed by atoms with Gasteiger partial charge in [-0.15, -0.1) is 0 Å². The fourth-order valence-corrected chi connectivity index (χ4v) is 4.58. The third-order valence-corrected chi connectivity index (χ3v) is 6.66. The first kappa shape index (κ1) is 21.9. The second-order valence-electron chi connectivity index (χ2n) is 6.39. The molecule has 1 N–H and O–H groups in total. The number of amides is 1. The third kappa shape index (κ3) is 5.11. The van der Waals surface area contributed by atoms with Crippen LogP contribution in [0.25, 0.3) is 0 Å². The molecular weight excluding hydrogens is 376 g/mol. The largest absolute Gasteiger partial charge is 0.481 e. The Morgan fingerprint density at radius 2 is 1.71 bits per heavy atom. The molecule has 0 radical (unpaired) electrons. The van der Waals surface area contributed by atoms with Gasteiger partial charge in [-0.25, -0.2) is 8.42 Å². The van der Waals surface area contributed by atoms with Gasteiger partial charge >= 0.3 is 0 Å².